The van der Waals surface area contributed by atoms with Crippen LogP contribution >= 0.6 is 0 Å². The van der Waals surface area contributed by atoms with Crippen LogP contribution in [-0.4, -0.2) is 38.3 Å². The number of rotatable bonds is 6. The van der Waals surface area contributed by atoms with Crippen LogP contribution in [0.3, 0.4) is 0 Å². The van der Waals surface area contributed by atoms with Gasteiger partial charge < -0.3 is 16.0 Å². The van der Waals surface area contributed by atoms with Crippen molar-refractivity contribution in [2.75, 3.05) is 10.6 Å². The minimum absolute atomic E-state index is 0.398. The second kappa shape index (κ2) is 7.92. The van der Waals surface area contributed by atoms with E-state index in [1.165, 1.54) is 12.8 Å². The quantitative estimate of drug-likeness (QED) is 0.621. The minimum atomic E-state index is 0.398. The van der Waals surface area contributed by atoms with E-state index in [0.29, 0.717) is 36.3 Å². The maximum atomic E-state index is 8.82. The van der Waals surface area contributed by atoms with Crippen molar-refractivity contribution < 1.29 is 0 Å². The number of hydrogen-bond acceptors (Lipinski definition) is 7. The summed E-state index contributed by atoms with van der Waals surface area (Å²) in [6.07, 6.45) is 9.69. The van der Waals surface area contributed by atoms with Crippen molar-refractivity contribution in [2.45, 2.75) is 63.6 Å². The zero-order valence-corrected chi connectivity index (χ0v) is 15.6. The van der Waals surface area contributed by atoms with Crippen molar-refractivity contribution in [3.63, 3.8) is 0 Å². The number of piperidine rings is 2. The van der Waals surface area contributed by atoms with Crippen molar-refractivity contribution in [3.8, 4) is 6.07 Å². The van der Waals surface area contributed by atoms with Gasteiger partial charge in [-0.3, -0.25) is 10.1 Å². The summed E-state index contributed by atoms with van der Waals surface area (Å²) in [6.45, 7) is 1.96. The predicted molar refractivity (Wildman–Crippen MR) is 104 cm³/mol. The second-order valence-corrected chi connectivity index (χ2v) is 7.76. The van der Waals surface area contributed by atoms with Crippen molar-refractivity contribution in [3.05, 3.63) is 24.2 Å². The standard InChI is InChI=1S/C19H26N8/c1-12-5-17(27-26-12)24-19-11-21-10-18(25-19)23-16-8-14-6-13(3-2-4-20)7-15(9-16)22-14/h5,10-11,13-16,22H,2-3,6-9H2,1H3,(H3,23,24,25,26,27). The largest absolute Gasteiger partial charge is 0.366 e. The molecule has 0 radical (unpaired) electrons. The molecule has 27 heavy (non-hydrogen) atoms. The first-order chi connectivity index (χ1) is 13.2. The smallest absolute Gasteiger partial charge is 0.153 e. The number of anilines is 3. The summed E-state index contributed by atoms with van der Waals surface area (Å²) in [6, 6.07) is 5.67. The molecule has 0 spiro atoms. The Morgan fingerprint density at radius 2 is 1.93 bits per heavy atom. The van der Waals surface area contributed by atoms with Gasteiger partial charge >= 0.3 is 0 Å². The second-order valence-electron chi connectivity index (χ2n) is 7.76. The molecular weight excluding hydrogens is 340 g/mol. The number of nitriles is 1. The van der Waals surface area contributed by atoms with E-state index in [2.05, 4.69) is 42.2 Å². The maximum Gasteiger partial charge on any atom is 0.153 e. The van der Waals surface area contributed by atoms with Crippen LogP contribution in [-0.2, 0) is 0 Å². The molecular formula is C19H26N8. The third-order valence-electron chi connectivity index (χ3n) is 5.46. The van der Waals surface area contributed by atoms with E-state index in [1.807, 2.05) is 13.0 Å². The Bertz CT molecular complexity index is 796. The highest BCUT2D eigenvalue weighted by Gasteiger charge is 2.35. The van der Waals surface area contributed by atoms with Crippen molar-refractivity contribution >= 4 is 17.5 Å². The van der Waals surface area contributed by atoms with Gasteiger partial charge in [-0.15, -0.1) is 0 Å². The fraction of sp³-hybridized carbons (Fsp3) is 0.579. The van der Waals surface area contributed by atoms with Crippen LogP contribution in [0.5, 0.6) is 0 Å². The zero-order valence-electron chi connectivity index (χ0n) is 15.6. The lowest BCUT2D eigenvalue weighted by Crippen LogP contribution is -2.54. The number of aromatic nitrogens is 4. The van der Waals surface area contributed by atoms with Gasteiger partial charge in [-0.1, -0.05) is 0 Å². The first-order valence-corrected chi connectivity index (χ1v) is 9.68. The molecule has 8 heteroatoms. The molecule has 4 heterocycles. The van der Waals surface area contributed by atoms with Crippen LogP contribution in [0.25, 0.3) is 0 Å². The summed E-state index contributed by atoms with van der Waals surface area (Å²) < 4.78 is 0. The lowest BCUT2D eigenvalue weighted by molar-refractivity contribution is 0.171. The highest BCUT2D eigenvalue weighted by Crippen LogP contribution is 2.33. The monoisotopic (exact) mass is 366 g/mol. The molecule has 8 nitrogen and oxygen atoms in total. The molecule has 2 aliphatic rings. The first kappa shape index (κ1) is 17.7. The topological polar surface area (TPSA) is 114 Å². The molecule has 2 aromatic rings. The fourth-order valence-electron chi connectivity index (χ4n) is 4.42. The van der Waals surface area contributed by atoms with E-state index in [1.54, 1.807) is 12.4 Å². The Hall–Kier alpha value is -2.66. The van der Waals surface area contributed by atoms with Crippen molar-refractivity contribution in [1.82, 2.24) is 25.5 Å². The van der Waals surface area contributed by atoms with Crippen LogP contribution < -0.4 is 16.0 Å². The Labute approximate surface area is 159 Å². The SMILES string of the molecule is Cc1cc(Nc2cncc(NC3CC4CC(CCC#N)CC(C3)N4)n2)n[nH]1. The van der Waals surface area contributed by atoms with E-state index >= 15 is 0 Å². The molecule has 2 saturated heterocycles. The number of nitrogens with one attached hydrogen (secondary N) is 4. The van der Waals surface area contributed by atoms with Crippen LogP contribution in [0, 0.1) is 24.2 Å². The molecule has 142 valence electrons. The molecule has 2 fully saturated rings. The van der Waals surface area contributed by atoms with Crippen molar-refractivity contribution in [2.24, 2.45) is 5.92 Å². The van der Waals surface area contributed by atoms with Gasteiger partial charge in [-0.2, -0.15) is 10.4 Å². The molecule has 4 rings (SSSR count). The van der Waals surface area contributed by atoms with Crippen LogP contribution in [0.4, 0.5) is 17.5 Å². The van der Waals surface area contributed by atoms with E-state index in [4.69, 9.17) is 5.26 Å². The summed E-state index contributed by atoms with van der Waals surface area (Å²) >= 11 is 0. The molecule has 0 aliphatic carbocycles. The summed E-state index contributed by atoms with van der Waals surface area (Å²) in [5.41, 5.74) is 0.994. The van der Waals surface area contributed by atoms with Gasteiger partial charge in [0.05, 0.1) is 18.5 Å². The third-order valence-corrected chi connectivity index (χ3v) is 5.46. The van der Waals surface area contributed by atoms with Gasteiger partial charge in [0.1, 0.15) is 5.82 Å². The average Bonchev–Trinajstić information content (AvgIpc) is 3.04. The zero-order chi connectivity index (χ0) is 18.6. The number of hydrogen-bond donors (Lipinski definition) is 4. The van der Waals surface area contributed by atoms with Gasteiger partial charge in [0.15, 0.2) is 11.6 Å². The summed E-state index contributed by atoms with van der Waals surface area (Å²) in [5.74, 6) is 2.89. The Kier molecular flexibility index (Phi) is 5.21. The minimum Gasteiger partial charge on any atom is -0.366 e. The number of nitrogens with zero attached hydrogens (tertiary/aromatic N) is 4. The molecule has 0 aromatic carbocycles. The van der Waals surface area contributed by atoms with Crippen LogP contribution in [0.15, 0.2) is 18.5 Å². The van der Waals surface area contributed by atoms with E-state index < -0.39 is 0 Å². The molecule has 2 bridgehead atoms. The average molecular weight is 366 g/mol. The molecule has 2 unspecified atom stereocenters. The van der Waals surface area contributed by atoms with E-state index in [0.717, 1.165) is 36.6 Å². The molecule has 4 N–H and O–H groups in total. The Balaban J connectivity index is 1.35. The van der Waals surface area contributed by atoms with Gasteiger partial charge in [0.25, 0.3) is 0 Å². The number of aromatic amines is 1. The van der Waals surface area contributed by atoms with Gasteiger partial charge in [0, 0.05) is 36.3 Å². The summed E-state index contributed by atoms with van der Waals surface area (Å²) in [4.78, 5) is 8.93. The Morgan fingerprint density at radius 3 is 2.63 bits per heavy atom. The van der Waals surface area contributed by atoms with Gasteiger partial charge in [-0.05, 0) is 44.9 Å². The molecule has 2 aliphatic heterocycles. The lowest BCUT2D eigenvalue weighted by atomic mass is 9.77. The molecule has 0 saturated carbocycles. The summed E-state index contributed by atoms with van der Waals surface area (Å²) in [7, 11) is 0. The number of fused-ring (bicyclic) bond motifs is 2. The Morgan fingerprint density at radius 1 is 1.15 bits per heavy atom. The first-order valence-electron chi connectivity index (χ1n) is 9.68. The summed E-state index contributed by atoms with van der Waals surface area (Å²) in [5, 5.41) is 26.4. The van der Waals surface area contributed by atoms with Gasteiger partial charge in [0.2, 0.25) is 0 Å². The van der Waals surface area contributed by atoms with E-state index in [9.17, 15) is 0 Å². The fourth-order valence-corrected chi connectivity index (χ4v) is 4.42. The predicted octanol–water partition coefficient (Wildman–Crippen LogP) is 2.87. The lowest BCUT2D eigenvalue weighted by Gasteiger charge is -2.44. The van der Waals surface area contributed by atoms with Crippen LogP contribution in [0.2, 0.25) is 0 Å². The maximum absolute atomic E-state index is 8.82. The third kappa shape index (κ3) is 4.55. The highest BCUT2D eigenvalue weighted by atomic mass is 15.2. The molecule has 0 amide bonds. The van der Waals surface area contributed by atoms with Gasteiger partial charge in [-0.25, -0.2) is 4.98 Å². The highest BCUT2D eigenvalue weighted by molar-refractivity contribution is 5.53. The number of aryl methyl sites for hydroxylation is 1. The number of H-pyrrole nitrogens is 1. The normalized spacial score (nSPS) is 27.0. The van der Waals surface area contributed by atoms with Crippen molar-refractivity contribution in [1.29, 1.82) is 5.26 Å². The van der Waals surface area contributed by atoms with E-state index in [-0.39, 0.29) is 0 Å². The molecule has 2 aromatic heterocycles. The van der Waals surface area contributed by atoms with Crippen LogP contribution in [0.1, 0.15) is 44.2 Å². The molecule has 2 atom stereocenters.